The standard InChI is InChI=1S/C31H28N2O/c1-5-28-23-9-7-6-8-22(23)24-12-11-21-16-31-27(26-14-18(2)10-13-30(26)34-31)17-25(21)20(4)32-19(3)15-29(24)33-28/h5-10,13-14,16-17,24,29H,1,3,11-12,15H2,2,4H3/b32-20-. The van der Waals surface area contributed by atoms with Crippen molar-refractivity contribution in [2.75, 3.05) is 0 Å². The summed E-state index contributed by atoms with van der Waals surface area (Å²) in [7, 11) is 0. The van der Waals surface area contributed by atoms with Crippen molar-refractivity contribution in [3.63, 3.8) is 0 Å². The van der Waals surface area contributed by atoms with Gasteiger partial charge in [-0.2, -0.15) is 0 Å². The minimum absolute atomic E-state index is 0.117. The molecule has 168 valence electrons. The van der Waals surface area contributed by atoms with Crippen molar-refractivity contribution in [1.29, 1.82) is 0 Å². The number of hydrogen-bond acceptors (Lipinski definition) is 3. The first kappa shape index (κ1) is 20.9. The molecule has 0 fully saturated rings. The predicted molar refractivity (Wildman–Crippen MR) is 142 cm³/mol. The van der Waals surface area contributed by atoms with Crippen LogP contribution in [0, 0.1) is 6.92 Å². The number of benzene rings is 3. The molecule has 3 aromatic carbocycles. The molecule has 4 aromatic rings. The number of nitrogens with zero attached hydrogens (tertiary/aromatic N) is 2. The van der Waals surface area contributed by atoms with E-state index in [0.29, 0.717) is 5.92 Å². The van der Waals surface area contributed by atoms with Crippen LogP contribution in [0.4, 0.5) is 0 Å². The molecule has 0 aliphatic carbocycles. The van der Waals surface area contributed by atoms with Crippen LogP contribution in [-0.4, -0.2) is 17.5 Å². The first-order chi connectivity index (χ1) is 16.5. The second-order valence-electron chi connectivity index (χ2n) is 9.59. The lowest BCUT2D eigenvalue weighted by atomic mass is 9.78. The van der Waals surface area contributed by atoms with Crippen LogP contribution >= 0.6 is 0 Å². The normalized spacial score (nSPS) is 21.8. The van der Waals surface area contributed by atoms with Crippen molar-refractivity contribution in [1.82, 2.24) is 0 Å². The molecule has 2 aliphatic rings. The zero-order valence-electron chi connectivity index (χ0n) is 19.8. The van der Waals surface area contributed by atoms with E-state index in [0.717, 1.165) is 58.3 Å². The molecule has 2 aliphatic heterocycles. The maximum atomic E-state index is 6.26. The van der Waals surface area contributed by atoms with Gasteiger partial charge in [-0.1, -0.05) is 49.1 Å². The summed E-state index contributed by atoms with van der Waals surface area (Å²) in [6, 6.07) is 19.6. The molecule has 0 N–H and O–H groups in total. The highest BCUT2D eigenvalue weighted by molar-refractivity contribution is 6.11. The Morgan fingerprint density at radius 1 is 0.971 bits per heavy atom. The average molecular weight is 445 g/mol. The molecule has 2 atom stereocenters. The van der Waals surface area contributed by atoms with Gasteiger partial charge < -0.3 is 4.42 Å². The highest BCUT2D eigenvalue weighted by Gasteiger charge is 2.31. The van der Waals surface area contributed by atoms with Crippen LogP contribution in [0.15, 0.2) is 93.9 Å². The Morgan fingerprint density at radius 3 is 2.65 bits per heavy atom. The zero-order chi connectivity index (χ0) is 23.4. The van der Waals surface area contributed by atoms with Crippen molar-refractivity contribution in [3.05, 3.63) is 107 Å². The van der Waals surface area contributed by atoms with Crippen LogP contribution in [-0.2, 0) is 6.42 Å². The summed E-state index contributed by atoms with van der Waals surface area (Å²) in [6.07, 6.45) is 4.57. The summed E-state index contributed by atoms with van der Waals surface area (Å²) in [5, 5.41) is 2.31. The summed E-state index contributed by atoms with van der Waals surface area (Å²) in [5.41, 5.74) is 11.0. The third-order valence-electron chi connectivity index (χ3n) is 7.33. The van der Waals surface area contributed by atoms with E-state index in [1.54, 1.807) is 0 Å². The zero-order valence-corrected chi connectivity index (χ0v) is 19.8. The number of allylic oxidation sites excluding steroid dienone is 1. The molecule has 3 heterocycles. The van der Waals surface area contributed by atoms with Gasteiger partial charge in [0.15, 0.2) is 0 Å². The van der Waals surface area contributed by atoms with Gasteiger partial charge >= 0.3 is 0 Å². The van der Waals surface area contributed by atoms with Crippen molar-refractivity contribution in [2.24, 2.45) is 9.98 Å². The van der Waals surface area contributed by atoms with E-state index in [9.17, 15) is 0 Å². The summed E-state index contributed by atoms with van der Waals surface area (Å²) in [6.45, 7) is 12.6. The fourth-order valence-corrected chi connectivity index (χ4v) is 5.72. The molecule has 0 saturated carbocycles. The molecule has 2 unspecified atom stereocenters. The van der Waals surface area contributed by atoms with Crippen molar-refractivity contribution in [2.45, 2.75) is 45.1 Å². The van der Waals surface area contributed by atoms with Gasteiger partial charge in [-0.05, 0) is 73.7 Å². The van der Waals surface area contributed by atoms with Crippen LogP contribution in [0.25, 0.3) is 21.9 Å². The first-order valence-corrected chi connectivity index (χ1v) is 12.0. The van der Waals surface area contributed by atoms with E-state index >= 15 is 0 Å². The molecule has 0 spiro atoms. The highest BCUT2D eigenvalue weighted by atomic mass is 16.3. The third kappa shape index (κ3) is 3.35. The van der Waals surface area contributed by atoms with Gasteiger partial charge in [0.05, 0.1) is 11.8 Å². The maximum absolute atomic E-state index is 6.26. The van der Waals surface area contributed by atoms with E-state index < -0.39 is 0 Å². The number of rotatable bonds is 1. The lowest BCUT2D eigenvalue weighted by molar-refractivity contribution is 0.490. The minimum atomic E-state index is 0.117. The van der Waals surface area contributed by atoms with Gasteiger partial charge in [0, 0.05) is 40.1 Å². The van der Waals surface area contributed by atoms with E-state index in [-0.39, 0.29) is 6.04 Å². The Hall–Kier alpha value is -3.72. The second kappa shape index (κ2) is 7.95. The van der Waals surface area contributed by atoms with Crippen LogP contribution < -0.4 is 0 Å². The molecular weight excluding hydrogens is 416 g/mol. The molecule has 6 rings (SSSR count). The van der Waals surface area contributed by atoms with Gasteiger partial charge in [0.1, 0.15) is 11.2 Å². The summed E-state index contributed by atoms with van der Waals surface area (Å²) >= 11 is 0. The first-order valence-electron chi connectivity index (χ1n) is 12.0. The van der Waals surface area contributed by atoms with Crippen LogP contribution in [0.1, 0.15) is 53.5 Å². The van der Waals surface area contributed by atoms with Crippen molar-refractivity contribution in [3.8, 4) is 0 Å². The van der Waals surface area contributed by atoms with Gasteiger partial charge in [-0.15, -0.1) is 0 Å². The highest BCUT2D eigenvalue weighted by Crippen LogP contribution is 2.39. The molecule has 0 saturated heterocycles. The summed E-state index contributed by atoms with van der Waals surface area (Å²) in [4.78, 5) is 10.1. The summed E-state index contributed by atoms with van der Waals surface area (Å²) < 4.78 is 6.26. The summed E-state index contributed by atoms with van der Waals surface area (Å²) in [5.74, 6) is 0.312. The van der Waals surface area contributed by atoms with Gasteiger partial charge in [0.25, 0.3) is 0 Å². The van der Waals surface area contributed by atoms with Crippen LogP contribution in [0.2, 0.25) is 0 Å². The molecule has 3 heteroatoms. The van der Waals surface area contributed by atoms with E-state index in [4.69, 9.17) is 14.4 Å². The van der Waals surface area contributed by atoms with Gasteiger partial charge in [0.2, 0.25) is 0 Å². The Bertz CT molecular complexity index is 1550. The third-order valence-corrected chi connectivity index (χ3v) is 7.33. The SMILES string of the molecule is C=CC1=NC2CC(=C)/N=C(/C)c3cc4c(cc3CCC2c2ccccc21)oc1ccc(C)cc14. The Balaban J connectivity index is 1.51. The van der Waals surface area contributed by atoms with Crippen molar-refractivity contribution < 1.29 is 4.42 Å². The quantitative estimate of drug-likeness (QED) is 0.296. The van der Waals surface area contributed by atoms with E-state index in [2.05, 4.69) is 81.6 Å². The maximum Gasteiger partial charge on any atom is 0.135 e. The molecule has 0 amide bonds. The van der Waals surface area contributed by atoms with Crippen LogP contribution in [0.5, 0.6) is 0 Å². The van der Waals surface area contributed by atoms with E-state index in [1.165, 1.54) is 27.8 Å². The fourth-order valence-electron chi connectivity index (χ4n) is 5.72. The smallest absolute Gasteiger partial charge is 0.135 e. The largest absolute Gasteiger partial charge is 0.456 e. The topological polar surface area (TPSA) is 37.9 Å². The van der Waals surface area contributed by atoms with Crippen LogP contribution in [0.3, 0.4) is 0 Å². The lowest BCUT2D eigenvalue weighted by Gasteiger charge is -2.32. The Labute approximate surface area is 200 Å². The fraction of sp³-hybridized carbons (Fsp3) is 0.226. The molecule has 3 nitrogen and oxygen atoms in total. The number of fused-ring (bicyclic) bond motifs is 7. The number of aliphatic imine (C=N–C) groups is 2. The predicted octanol–water partition coefficient (Wildman–Crippen LogP) is 7.69. The number of aryl methyl sites for hydroxylation is 2. The molecule has 34 heavy (non-hydrogen) atoms. The lowest BCUT2D eigenvalue weighted by Crippen LogP contribution is -2.27. The second-order valence-corrected chi connectivity index (χ2v) is 9.59. The van der Waals surface area contributed by atoms with Crippen molar-refractivity contribution >= 4 is 33.4 Å². The molecule has 1 aromatic heterocycles. The number of furan rings is 1. The van der Waals surface area contributed by atoms with Gasteiger partial charge in [-0.25, -0.2) is 0 Å². The molecule has 0 bridgehead atoms. The number of hydrogen-bond donors (Lipinski definition) is 0. The molecular formula is C31H28N2O. The monoisotopic (exact) mass is 444 g/mol. The van der Waals surface area contributed by atoms with E-state index in [1.807, 2.05) is 6.08 Å². The molecule has 0 radical (unpaired) electrons. The minimum Gasteiger partial charge on any atom is -0.456 e. The Morgan fingerprint density at radius 2 is 1.79 bits per heavy atom. The average Bonchev–Trinajstić information content (AvgIpc) is 3.18. The Kier molecular flexibility index (Phi) is 4.88. The van der Waals surface area contributed by atoms with Gasteiger partial charge in [-0.3, -0.25) is 9.98 Å².